The molecule has 0 unspecified atom stereocenters. The fourth-order valence-corrected chi connectivity index (χ4v) is 2.58. The van der Waals surface area contributed by atoms with Crippen molar-refractivity contribution in [1.29, 1.82) is 0 Å². The van der Waals surface area contributed by atoms with Crippen LogP contribution in [0.1, 0.15) is 21.6 Å². The van der Waals surface area contributed by atoms with Gasteiger partial charge in [-0.3, -0.25) is 14.8 Å². The highest BCUT2D eigenvalue weighted by molar-refractivity contribution is 5.94. The molecule has 0 aliphatic heterocycles. The molecule has 0 saturated heterocycles. The molecule has 2 N–H and O–H groups in total. The van der Waals surface area contributed by atoms with Gasteiger partial charge >= 0.3 is 0 Å². The SMILES string of the molecule is COc1ccc(CCNc2cncc(C(=O)NCc3ccccn3)c2)cc1. The minimum Gasteiger partial charge on any atom is -0.497 e. The molecule has 0 radical (unpaired) electrons. The fourth-order valence-electron chi connectivity index (χ4n) is 2.58. The number of hydrogen-bond acceptors (Lipinski definition) is 5. The minimum atomic E-state index is -0.174. The van der Waals surface area contributed by atoms with Crippen LogP contribution in [0.2, 0.25) is 0 Å². The van der Waals surface area contributed by atoms with Crippen molar-refractivity contribution in [2.75, 3.05) is 19.0 Å². The minimum absolute atomic E-state index is 0.174. The molecule has 6 nitrogen and oxygen atoms in total. The molecule has 2 heterocycles. The third-order valence-corrected chi connectivity index (χ3v) is 4.06. The Hall–Kier alpha value is -3.41. The summed E-state index contributed by atoms with van der Waals surface area (Å²) in [6.07, 6.45) is 5.84. The molecule has 0 spiro atoms. The fraction of sp³-hybridized carbons (Fsp3) is 0.190. The molecule has 0 atom stereocenters. The molecule has 6 heteroatoms. The number of anilines is 1. The number of carbonyl (C=O) groups is 1. The van der Waals surface area contributed by atoms with E-state index in [1.54, 1.807) is 31.8 Å². The number of benzene rings is 1. The van der Waals surface area contributed by atoms with Crippen LogP contribution in [0.15, 0.2) is 67.1 Å². The average Bonchev–Trinajstić information content (AvgIpc) is 2.73. The highest BCUT2D eigenvalue weighted by atomic mass is 16.5. The number of nitrogens with one attached hydrogen (secondary N) is 2. The Morgan fingerprint density at radius 1 is 1.11 bits per heavy atom. The zero-order chi connectivity index (χ0) is 18.9. The van der Waals surface area contributed by atoms with E-state index in [-0.39, 0.29) is 5.91 Å². The molecule has 0 aliphatic rings. The quantitative estimate of drug-likeness (QED) is 0.644. The van der Waals surface area contributed by atoms with E-state index in [2.05, 4.69) is 20.6 Å². The van der Waals surface area contributed by atoms with Gasteiger partial charge in [-0.1, -0.05) is 18.2 Å². The van der Waals surface area contributed by atoms with Gasteiger partial charge in [0.15, 0.2) is 0 Å². The first-order valence-electron chi connectivity index (χ1n) is 8.74. The summed E-state index contributed by atoms with van der Waals surface area (Å²) in [5.41, 5.74) is 3.35. The van der Waals surface area contributed by atoms with Crippen molar-refractivity contribution >= 4 is 11.6 Å². The van der Waals surface area contributed by atoms with E-state index >= 15 is 0 Å². The number of carbonyl (C=O) groups excluding carboxylic acids is 1. The average molecular weight is 362 g/mol. The second kappa shape index (κ2) is 9.33. The topological polar surface area (TPSA) is 76.1 Å². The van der Waals surface area contributed by atoms with E-state index in [0.29, 0.717) is 12.1 Å². The highest BCUT2D eigenvalue weighted by Gasteiger charge is 2.07. The van der Waals surface area contributed by atoms with E-state index in [0.717, 1.165) is 30.1 Å². The number of methoxy groups -OCH3 is 1. The Bertz CT molecular complexity index is 867. The molecule has 0 aliphatic carbocycles. The zero-order valence-electron chi connectivity index (χ0n) is 15.2. The van der Waals surface area contributed by atoms with Gasteiger partial charge in [-0.05, 0) is 42.3 Å². The van der Waals surface area contributed by atoms with Gasteiger partial charge in [-0.15, -0.1) is 0 Å². The Morgan fingerprint density at radius 3 is 2.70 bits per heavy atom. The first-order valence-corrected chi connectivity index (χ1v) is 8.74. The first-order chi connectivity index (χ1) is 13.2. The van der Waals surface area contributed by atoms with Crippen LogP contribution >= 0.6 is 0 Å². The molecule has 138 valence electrons. The summed E-state index contributed by atoms with van der Waals surface area (Å²) in [5, 5.41) is 6.16. The van der Waals surface area contributed by atoms with Crippen LogP contribution in [0.25, 0.3) is 0 Å². The number of ether oxygens (including phenoxy) is 1. The van der Waals surface area contributed by atoms with Crippen LogP contribution in [-0.4, -0.2) is 29.5 Å². The van der Waals surface area contributed by atoms with Crippen LogP contribution in [0.3, 0.4) is 0 Å². The number of pyridine rings is 2. The van der Waals surface area contributed by atoms with Gasteiger partial charge in [-0.25, -0.2) is 0 Å². The number of hydrogen-bond donors (Lipinski definition) is 2. The summed E-state index contributed by atoms with van der Waals surface area (Å²) in [5.74, 6) is 0.673. The van der Waals surface area contributed by atoms with E-state index in [9.17, 15) is 4.79 Å². The molecule has 3 aromatic rings. The van der Waals surface area contributed by atoms with Crippen molar-refractivity contribution in [3.63, 3.8) is 0 Å². The lowest BCUT2D eigenvalue weighted by atomic mass is 10.1. The van der Waals surface area contributed by atoms with Gasteiger partial charge in [0.05, 0.1) is 30.6 Å². The lowest BCUT2D eigenvalue weighted by Gasteiger charge is -2.09. The van der Waals surface area contributed by atoms with Crippen LogP contribution in [0.4, 0.5) is 5.69 Å². The van der Waals surface area contributed by atoms with Crippen molar-refractivity contribution in [3.05, 3.63) is 83.9 Å². The van der Waals surface area contributed by atoms with Crippen molar-refractivity contribution in [2.24, 2.45) is 0 Å². The number of aromatic nitrogens is 2. The summed E-state index contributed by atoms with van der Waals surface area (Å²) in [4.78, 5) is 20.7. The number of rotatable bonds is 8. The molecule has 3 rings (SSSR count). The smallest absolute Gasteiger partial charge is 0.253 e. The van der Waals surface area contributed by atoms with E-state index in [4.69, 9.17) is 4.74 Å². The Morgan fingerprint density at radius 2 is 1.96 bits per heavy atom. The largest absolute Gasteiger partial charge is 0.497 e. The van der Waals surface area contributed by atoms with Gasteiger partial charge in [-0.2, -0.15) is 0 Å². The van der Waals surface area contributed by atoms with Gasteiger partial charge in [0.25, 0.3) is 5.91 Å². The van der Waals surface area contributed by atoms with E-state index in [1.165, 1.54) is 5.56 Å². The van der Waals surface area contributed by atoms with Gasteiger partial charge in [0.2, 0.25) is 0 Å². The summed E-state index contributed by atoms with van der Waals surface area (Å²) < 4.78 is 5.16. The second-order valence-corrected chi connectivity index (χ2v) is 5.99. The molecule has 0 saturated carbocycles. The normalized spacial score (nSPS) is 10.3. The maximum Gasteiger partial charge on any atom is 0.253 e. The summed E-state index contributed by atoms with van der Waals surface area (Å²) >= 11 is 0. The van der Waals surface area contributed by atoms with E-state index < -0.39 is 0 Å². The Kier molecular flexibility index (Phi) is 6.35. The molecule has 1 amide bonds. The molecule has 0 bridgehead atoms. The Labute approximate surface area is 158 Å². The van der Waals surface area contributed by atoms with Gasteiger partial charge < -0.3 is 15.4 Å². The van der Waals surface area contributed by atoms with Crippen molar-refractivity contribution < 1.29 is 9.53 Å². The zero-order valence-corrected chi connectivity index (χ0v) is 15.2. The lowest BCUT2D eigenvalue weighted by Crippen LogP contribution is -2.23. The predicted octanol–water partition coefficient (Wildman–Crippen LogP) is 3.07. The van der Waals surface area contributed by atoms with Crippen molar-refractivity contribution in [2.45, 2.75) is 13.0 Å². The van der Waals surface area contributed by atoms with E-state index in [1.807, 2.05) is 42.5 Å². The third-order valence-electron chi connectivity index (χ3n) is 4.06. The lowest BCUT2D eigenvalue weighted by molar-refractivity contribution is 0.0950. The maximum absolute atomic E-state index is 12.3. The standard InChI is InChI=1S/C21H22N4O2/c1-27-20-7-5-16(6-8-20)9-11-24-19-12-17(13-22-14-19)21(26)25-15-18-4-2-3-10-23-18/h2-8,10,12-14,24H,9,11,15H2,1H3,(H,25,26). The van der Waals surface area contributed by atoms with Crippen molar-refractivity contribution in [3.8, 4) is 5.75 Å². The number of nitrogens with zero attached hydrogens (tertiary/aromatic N) is 2. The monoisotopic (exact) mass is 362 g/mol. The molecular formula is C21H22N4O2. The molecular weight excluding hydrogens is 340 g/mol. The van der Waals surface area contributed by atoms with Crippen molar-refractivity contribution in [1.82, 2.24) is 15.3 Å². The van der Waals surface area contributed by atoms with Gasteiger partial charge in [0, 0.05) is 25.1 Å². The predicted molar refractivity (Wildman–Crippen MR) is 105 cm³/mol. The molecule has 0 fully saturated rings. The highest BCUT2D eigenvalue weighted by Crippen LogP contribution is 2.13. The maximum atomic E-state index is 12.3. The third kappa shape index (κ3) is 5.54. The Balaban J connectivity index is 1.51. The first kappa shape index (κ1) is 18.4. The molecule has 2 aromatic heterocycles. The summed E-state index contributed by atoms with van der Waals surface area (Å²) in [6.45, 7) is 1.13. The van der Waals surface area contributed by atoms with Crippen LogP contribution in [-0.2, 0) is 13.0 Å². The molecule has 1 aromatic carbocycles. The molecule has 27 heavy (non-hydrogen) atoms. The summed E-state index contributed by atoms with van der Waals surface area (Å²) in [7, 11) is 1.66. The van der Waals surface area contributed by atoms with Crippen LogP contribution in [0.5, 0.6) is 5.75 Å². The summed E-state index contributed by atoms with van der Waals surface area (Å²) in [6, 6.07) is 15.4. The number of amides is 1. The van der Waals surface area contributed by atoms with Crippen LogP contribution < -0.4 is 15.4 Å². The second-order valence-electron chi connectivity index (χ2n) is 5.99. The van der Waals surface area contributed by atoms with Gasteiger partial charge in [0.1, 0.15) is 5.75 Å². The van der Waals surface area contributed by atoms with Crippen LogP contribution in [0, 0.1) is 0 Å².